The summed E-state index contributed by atoms with van der Waals surface area (Å²) in [5.74, 6) is -0.871. The number of carbonyl (C=O) groups is 3. The summed E-state index contributed by atoms with van der Waals surface area (Å²) in [6, 6.07) is 0. The number of rotatable bonds is 6. The van der Waals surface area contributed by atoms with Crippen molar-refractivity contribution in [3.8, 4) is 0 Å². The summed E-state index contributed by atoms with van der Waals surface area (Å²) in [4.78, 5) is 39.5. The van der Waals surface area contributed by atoms with Gasteiger partial charge in [-0.1, -0.05) is 39.8 Å². The van der Waals surface area contributed by atoms with Crippen LogP contribution in [0.4, 0.5) is 0 Å². The van der Waals surface area contributed by atoms with Gasteiger partial charge in [-0.25, -0.2) is 0 Å². The van der Waals surface area contributed by atoms with Crippen molar-refractivity contribution in [2.75, 3.05) is 7.11 Å². The topological polar surface area (TPSA) is 101 Å². The van der Waals surface area contributed by atoms with Gasteiger partial charge in [-0.15, -0.1) is 0 Å². The number of Topliss-reactive ketones (excluding diaryl/α,β-unsaturated/α-hetero) is 2. The molecular formula is C30H44O6. The second-order valence-corrected chi connectivity index (χ2v) is 12.7. The fraction of sp³-hybridized carbons (Fsp3) is 0.767. The Labute approximate surface area is 215 Å². The SMILES string of the molecule is C=C(CC[C@@H](C)[C@H]1CC[C@H]2C3=C(C(=O)[C@H](O)[C@]12C)[C@@]1(C)CC[C@@H](O)[C@@H](C)[C@@H]1CC3=O)[C@H](C)C(=O)OC. The Morgan fingerprint density at radius 3 is 2.47 bits per heavy atom. The van der Waals surface area contributed by atoms with Gasteiger partial charge < -0.3 is 14.9 Å². The molecule has 4 aliphatic rings. The highest BCUT2D eigenvalue weighted by molar-refractivity contribution is 6.12. The van der Waals surface area contributed by atoms with Crippen molar-refractivity contribution in [2.24, 2.45) is 46.3 Å². The molecule has 0 heterocycles. The number of ether oxygens (including phenoxy) is 1. The molecule has 4 aliphatic carbocycles. The van der Waals surface area contributed by atoms with Crippen molar-refractivity contribution < 1.29 is 29.3 Å². The van der Waals surface area contributed by atoms with Crippen molar-refractivity contribution in [3.63, 3.8) is 0 Å². The first-order valence-corrected chi connectivity index (χ1v) is 13.7. The summed E-state index contributed by atoms with van der Waals surface area (Å²) in [6.45, 7) is 14.1. The average molecular weight is 501 g/mol. The summed E-state index contributed by atoms with van der Waals surface area (Å²) in [7, 11) is 1.38. The number of carbonyl (C=O) groups excluding carboxylic acids is 3. The van der Waals surface area contributed by atoms with E-state index < -0.39 is 23.0 Å². The third kappa shape index (κ3) is 3.86. The second kappa shape index (κ2) is 9.50. The quantitative estimate of drug-likeness (QED) is 0.413. The molecule has 0 aliphatic heterocycles. The van der Waals surface area contributed by atoms with Gasteiger partial charge in [0.2, 0.25) is 0 Å². The molecule has 10 atom stereocenters. The lowest BCUT2D eigenvalue weighted by Gasteiger charge is -2.56. The molecule has 2 fully saturated rings. The Bertz CT molecular complexity index is 995. The number of methoxy groups -OCH3 is 1. The van der Waals surface area contributed by atoms with Crippen LogP contribution in [0.1, 0.15) is 79.6 Å². The molecule has 200 valence electrons. The van der Waals surface area contributed by atoms with Gasteiger partial charge in [-0.3, -0.25) is 14.4 Å². The molecule has 4 rings (SSSR count). The molecule has 2 N–H and O–H groups in total. The minimum absolute atomic E-state index is 0.0403. The van der Waals surface area contributed by atoms with Gasteiger partial charge in [0.15, 0.2) is 11.6 Å². The van der Waals surface area contributed by atoms with Crippen LogP contribution in [0.15, 0.2) is 23.3 Å². The van der Waals surface area contributed by atoms with Crippen LogP contribution in [-0.2, 0) is 19.1 Å². The molecule has 0 aromatic heterocycles. The lowest BCUT2D eigenvalue weighted by Crippen LogP contribution is -2.58. The van der Waals surface area contributed by atoms with Crippen LogP contribution in [0, 0.1) is 46.3 Å². The third-order valence-corrected chi connectivity index (χ3v) is 11.1. The molecule has 36 heavy (non-hydrogen) atoms. The number of aliphatic hydroxyl groups is 2. The van der Waals surface area contributed by atoms with E-state index in [-0.39, 0.29) is 53.0 Å². The standard InChI is InChI=1S/C30H44O6/c1-15(17(3)28(35)36-7)8-9-16(2)19-10-11-20-24-23(32)14-21-18(4)22(31)12-13-29(21,5)25(24)26(33)27(34)30(19,20)6/h16-22,27,31,34H,1,8-14H2,2-7H3/t16-,17+,18+,19-,20+,21+,22-,27+,29+,30-/m1/s1. The van der Waals surface area contributed by atoms with Gasteiger partial charge in [0.05, 0.1) is 19.1 Å². The predicted molar refractivity (Wildman–Crippen MR) is 137 cm³/mol. The van der Waals surface area contributed by atoms with Crippen LogP contribution in [0.2, 0.25) is 0 Å². The lowest BCUT2D eigenvalue weighted by atomic mass is 9.47. The van der Waals surface area contributed by atoms with Gasteiger partial charge in [0.25, 0.3) is 0 Å². The first kappa shape index (κ1) is 27.3. The molecule has 0 radical (unpaired) electrons. The minimum atomic E-state index is -1.14. The molecule has 0 spiro atoms. The third-order valence-electron chi connectivity index (χ3n) is 11.1. The van der Waals surface area contributed by atoms with Crippen LogP contribution >= 0.6 is 0 Å². The number of fused-ring (bicyclic) bond motifs is 4. The Morgan fingerprint density at radius 1 is 1.17 bits per heavy atom. The maximum absolute atomic E-state index is 13.9. The fourth-order valence-corrected chi connectivity index (χ4v) is 8.57. The highest BCUT2D eigenvalue weighted by Gasteiger charge is 2.65. The van der Waals surface area contributed by atoms with Crippen molar-refractivity contribution >= 4 is 17.5 Å². The summed E-state index contributed by atoms with van der Waals surface area (Å²) >= 11 is 0. The fourth-order valence-electron chi connectivity index (χ4n) is 8.57. The number of ketones is 2. The molecule has 0 aromatic carbocycles. The van der Waals surface area contributed by atoms with Crippen LogP contribution in [0.3, 0.4) is 0 Å². The van der Waals surface area contributed by atoms with Gasteiger partial charge in [0.1, 0.15) is 6.10 Å². The number of hydrogen-bond donors (Lipinski definition) is 2. The average Bonchev–Trinajstić information content (AvgIpc) is 3.21. The molecule has 6 nitrogen and oxygen atoms in total. The molecular weight excluding hydrogens is 456 g/mol. The minimum Gasteiger partial charge on any atom is -0.469 e. The first-order valence-electron chi connectivity index (χ1n) is 13.7. The monoisotopic (exact) mass is 500 g/mol. The van der Waals surface area contributed by atoms with Gasteiger partial charge in [-0.05, 0) is 75.0 Å². The van der Waals surface area contributed by atoms with Crippen molar-refractivity contribution in [3.05, 3.63) is 23.3 Å². The van der Waals surface area contributed by atoms with Gasteiger partial charge in [-0.2, -0.15) is 0 Å². The zero-order chi connectivity index (χ0) is 26.7. The largest absolute Gasteiger partial charge is 0.469 e. The van der Waals surface area contributed by atoms with Crippen LogP contribution in [0.25, 0.3) is 0 Å². The molecule has 6 heteroatoms. The number of esters is 1. The van der Waals surface area contributed by atoms with Crippen LogP contribution in [-0.4, -0.2) is 47.1 Å². The smallest absolute Gasteiger partial charge is 0.312 e. The van der Waals surface area contributed by atoms with E-state index in [1.54, 1.807) is 6.92 Å². The molecule has 0 aromatic rings. The zero-order valence-electron chi connectivity index (χ0n) is 22.8. The Balaban J connectivity index is 1.63. The molecule has 0 amide bonds. The number of aliphatic hydroxyl groups excluding tert-OH is 2. The van der Waals surface area contributed by atoms with Crippen LogP contribution < -0.4 is 0 Å². The lowest BCUT2D eigenvalue weighted by molar-refractivity contribution is -0.145. The van der Waals surface area contributed by atoms with E-state index in [0.29, 0.717) is 36.8 Å². The zero-order valence-corrected chi connectivity index (χ0v) is 22.8. The first-order chi connectivity index (χ1) is 16.8. The molecule has 0 unspecified atom stereocenters. The molecule has 2 saturated carbocycles. The van der Waals surface area contributed by atoms with E-state index >= 15 is 0 Å². The van der Waals surface area contributed by atoms with E-state index in [1.165, 1.54) is 7.11 Å². The maximum Gasteiger partial charge on any atom is 0.312 e. The number of allylic oxidation sites excluding steroid dienone is 1. The van der Waals surface area contributed by atoms with Gasteiger partial charge in [0, 0.05) is 28.4 Å². The molecule has 0 saturated heterocycles. The van der Waals surface area contributed by atoms with E-state index in [0.717, 1.165) is 24.8 Å². The molecule has 0 bridgehead atoms. The van der Waals surface area contributed by atoms with Crippen LogP contribution in [0.5, 0.6) is 0 Å². The van der Waals surface area contributed by atoms with Gasteiger partial charge >= 0.3 is 5.97 Å². The van der Waals surface area contributed by atoms with Crippen molar-refractivity contribution in [2.45, 2.75) is 91.8 Å². The van der Waals surface area contributed by atoms with Crippen molar-refractivity contribution in [1.82, 2.24) is 0 Å². The highest BCUT2D eigenvalue weighted by atomic mass is 16.5. The van der Waals surface area contributed by atoms with E-state index in [9.17, 15) is 24.6 Å². The highest BCUT2D eigenvalue weighted by Crippen LogP contribution is 2.65. The number of hydrogen-bond acceptors (Lipinski definition) is 6. The van der Waals surface area contributed by atoms with E-state index in [4.69, 9.17) is 4.74 Å². The van der Waals surface area contributed by atoms with E-state index in [1.807, 2.05) is 13.8 Å². The summed E-state index contributed by atoms with van der Waals surface area (Å²) in [6.07, 6.45) is 3.16. The maximum atomic E-state index is 13.9. The van der Waals surface area contributed by atoms with Crippen molar-refractivity contribution in [1.29, 1.82) is 0 Å². The Hall–Kier alpha value is -1.79. The Kier molecular flexibility index (Phi) is 7.19. The summed E-state index contributed by atoms with van der Waals surface area (Å²) in [5, 5.41) is 22.1. The predicted octanol–water partition coefficient (Wildman–Crippen LogP) is 4.43. The summed E-state index contributed by atoms with van der Waals surface area (Å²) in [5.41, 5.74) is 0.920. The Morgan fingerprint density at radius 2 is 1.83 bits per heavy atom. The normalized spacial score (nSPS) is 41.8. The summed E-state index contributed by atoms with van der Waals surface area (Å²) < 4.78 is 4.85. The van der Waals surface area contributed by atoms with E-state index in [2.05, 4.69) is 20.4 Å². The second-order valence-electron chi connectivity index (χ2n) is 12.7.